The van der Waals surface area contributed by atoms with Gasteiger partial charge in [-0.3, -0.25) is 15.7 Å². The molecule has 0 rings (SSSR count). The van der Waals surface area contributed by atoms with Gasteiger partial charge in [0.25, 0.3) is 0 Å². The number of hydroxylamine groups is 2. The molecule has 6 nitrogen and oxygen atoms in total. The van der Waals surface area contributed by atoms with E-state index < -0.39 is 5.91 Å². The van der Waals surface area contributed by atoms with Gasteiger partial charge in [-0.05, 0) is 0 Å². The summed E-state index contributed by atoms with van der Waals surface area (Å²) in [7, 11) is 0. The summed E-state index contributed by atoms with van der Waals surface area (Å²) in [5, 5.41) is 35.6. The van der Waals surface area contributed by atoms with E-state index in [9.17, 15) is 0 Å². The summed E-state index contributed by atoms with van der Waals surface area (Å²) in [4.78, 5) is 0. The van der Waals surface area contributed by atoms with Crippen LogP contribution in [-0.4, -0.2) is 44.9 Å². The fraction of sp³-hybridized carbons (Fsp3) is 1.00. The van der Waals surface area contributed by atoms with E-state index in [1.807, 2.05) is 0 Å². The van der Waals surface area contributed by atoms with Gasteiger partial charge in [0.15, 0.2) is 0 Å². The molecule has 5 N–H and O–H groups in total. The number of nitrogens with one attached hydrogen (secondary N) is 1. The number of nitrogens with zero attached hydrogens (tertiary/aromatic N) is 1. The van der Waals surface area contributed by atoms with E-state index in [1.165, 1.54) is 0 Å². The van der Waals surface area contributed by atoms with Gasteiger partial charge in [-0.2, -0.15) is 0 Å². The predicted molar refractivity (Wildman–Crippen MR) is 31.1 cm³/mol. The molecule has 0 bridgehead atoms. The molecule has 0 aromatic heterocycles. The molecule has 0 aliphatic heterocycles. The molecule has 0 aromatic carbocycles. The maximum atomic E-state index is 8.59. The van der Waals surface area contributed by atoms with Gasteiger partial charge in [-0.15, -0.1) is 0 Å². The first-order valence-corrected chi connectivity index (χ1v) is 2.77. The quantitative estimate of drug-likeness (QED) is 0.244. The Hall–Kier alpha value is -0.240. The Morgan fingerprint density at radius 1 is 1.40 bits per heavy atom. The SMILES string of the molecule is CC(O)(O)NCCN(O)O. The van der Waals surface area contributed by atoms with E-state index in [2.05, 4.69) is 5.32 Å². The molecule has 0 saturated heterocycles. The average molecular weight is 152 g/mol. The zero-order valence-corrected chi connectivity index (χ0v) is 5.65. The molecule has 0 amide bonds. The van der Waals surface area contributed by atoms with Gasteiger partial charge in [0.2, 0.25) is 5.91 Å². The molecule has 0 aliphatic rings. The zero-order chi connectivity index (χ0) is 8.20. The van der Waals surface area contributed by atoms with Crippen molar-refractivity contribution < 1.29 is 20.6 Å². The third-order valence-corrected chi connectivity index (χ3v) is 0.772. The van der Waals surface area contributed by atoms with Crippen LogP contribution in [0.3, 0.4) is 0 Å². The van der Waals surface area contributed by atoms with Crippen LogP contribution in [0.1, 0.15) is 6.92 Å². The fourth-order valence-corrected chi connectivity index (χ4v) is 0.393. The molecule has 0 unspecified atom stereocenters. The Balaban J connectivity index is 3.21. The Morgan fingerprint density at radius 3 is 2.20 bits per heavy atom. The molecular formula is C4H12N2O4. The standard InChI is InChI=1S/C4H12N2O4/c1-4(7,8)5-2-3-6(9)10/h5,7-10H,2-3H2,1H3. The van der Waals surface area contributed by atoms with Gasteiger partial charge in [0, 0.05) is 13.5 Å². The second kappa shape index (κ2) is 3.81. The third-order valence-electron chi connectivity index (χ3n) is 0.772. The van der Waals surface area contributed by atoms with E-state index >= 15 is 0 Å². The predicted octanol–water partition coefficient (Wildman–Crippen LogP) is -1.69. The van der Waals surface area contributed by atoms with Crippen molar-refractivity contribution in [3.8, 4) is 0 Å². The highest BCUT2D eigenvalue weighted by Gasteiger charge is 2.12. The molecule has 0 aliphatic carbocycles. The highest BCUT2D eigenvalue weighted by Crippen LogP contribution is 1.87. The van der Waals surface area contributed by atoms with Crippen LogP contribution in [0.5, 0.6) is 0 Å². The maximum absolute atomic E-state index is 8.59. The molecule has 62 valence electrons. The molecule has 0 atom stereocenters. The van der Waals surface area contributed by atoms with Crippen LogP contribution in [0, 0.1) is 0 Å². The summed E-state index contributed by atoms with van der Waals surface area (Å²) in [6.45, 7) is 1.10. The fourth-order valence-electron chi connectivity index (χ4n) is 0.393. The van der Waals surface area contributed by atoms with Crippen molar-refractivity contribution >= 4 is 0 Å². The van der Waals surface area contributed by atoms with Gasteiger partial charge < -0.3 is 10.2 Å². The third kappa shape index (κ3) is 7.76. The lowest BCUT2D eigenvalue weighted by Crippen LogP contribution is -2.44. The van der Waals surface area contributed by atoms with Crippen LogP contribution in [-0.2, 0) is 0 Å². The lowest BCUT2D eigenvalue weighted by atomic mass is 10.5. The minimum Gasteiger partial charge on any atom is -0.354 e. The zero-order valence-electron chi connectivity index (χ0n) is 5.65. The Bertz CT molecular complexity index is 89.7. The van der Waals surface area contributed by atoms with E-state index in [1.54, 1.807) is 0 Å². The summed E-state index contributed by atoms with van der Waals surface area (Å²) < 4.78 is 0. The normalized spacial score (nSPS) is 12.6. The summed E-state index contributed by atoms with van der Waals surface area (Å²) >= 11 is 0. The molecule has 0 aromatic rings. The van der Waals surface area contributed by atoms with E-state index in [-0.39, 0.29) is 18.3 Å². The summed E-state index contributed by atoms with van der Waals surface area (Å²) in [5.41, 5.74) is 0. The summed E-state index contributed by atoms with van der Waals surface area (Å²) in [6.07, 6.45) is 0. The molecule has 0 fully saturated rings. The van der Waals surface area contributed by atoms with Gasteiger partial charge in [0.1, 0.15) is 0 Å². The Labute approximate surface area is 58.2 Å². The molecule has 0 heterocycles. The lowest BCUT2D eigenvalue weighted by molar-refractivity contribution is -0.307. The average Bonchev–Trinajstić information content (AvgIpc) is 1.59. The van der Waals surface area contributed by atoms with Crippen LogP contribution >= 0.6 is 0 Å². The van der Waals surface area contributed by atoms with Crippen LogP contribution in [0.4, 0.5) is 0 Å². The summed E-state index contributed by atoms with van der Waals surface area (Å²) in [6, 6.07) is 0. The van der Waals surface area contributed by atoms with Crippen molar-refractivity contribution in [2.45, 2.75) is 12.8 Å². The highest BCUT2D eigenvalue weighted by molar-refractivity contribution is 4.52. The van der Waals surface area contributed by atoms with Gasteiger partial charge in [-0.1, -0.05) is 5.23 Å². The molecule has 0 radical (unpaired) electrons. The van der Waals surface area contributed by atoms with Crippen LogP contribution in [0.15, 0.2) is 0 Å². The van der Waals surface area contributed by atoms with Crippen molar-refractivity contribution in [3.05, 3.63) is 0 Å². The lowest BCUT2D eigenvalue weighted by Gasteiger charge is -2.17. The Kier molecular flexibility index (Phi) is 3.72. The number of hydrogen-bond acceptors (Lipinski definition) is 6. The minimum atomic E-state index is -1.96. The number of aliphatic hydroxyl groups is 2. The highest BCUT2D eigenvalue weighted by atomic mass is 16.8. The number of hydrogen-bond donors (Lipinski definition) is 5. The van der Waals surface area contributed by atoms with Crippen molar-refractivity contribution in [1.29, 1.82) is 0 Å². The molecular weight excluding hydrogens is 140 g/mol. The number of rotatable bonds is 4. The van der Waals surface area contributed by atoms with Gasteiger partial charge in [-0.25, -0.2) is 0 Å². The smallest absolute Gasteiger partial charge is 0.219 e. The topological polar surface area (TPSA) is 96.2 Å². The van der Waals surface area contributed by atoms with E-state index in [0.29, 0.717) is 0 Å². The second-order valence-electron chi connectivity index (χ2n) is 2.04. The van der Waals surface area contributed by atoms with E-state index in [0.717, 1.165) is 6.92 Å². The second-order valence-corrected chi connectivity index (χ2v) is 2.04. The van der Waals surface area contributed by atoms with Gasteiger partial charge >= 0.3 is 0 Å². The first kappa shape index (κ1) is 9.76. The molecule has 0 saturated carbocycles. The monoisotopic (exact) mass is 152 g/mol. The van der Waals surface area contributed by atoms with E-state index in [4.69, 9.17) is 20.6 Å². The first-order chi connectivity index (χ1) is 4.42. The molecule has 6 heteroatoms. The maximum Gasteiger partial charge on any atom is 0.219 e. The van der Waals surface area contributed by atoms with Crippen molar-refractivity contribution in [2.24, 2.45) is 0 Å². The molecule has 10 heavy (non-hydrogen) atoms. The Morgan fingerprint density at radius 2 is 1.90 bits per heavy atom. The summed E-state index contributed by atoms with van der Waals surface area (Å²) in [5.74, 6) is -1.96. The first-order valence-electron chi connectivity index (χ1n) is 2.77. The van der Waals surface area contributed by atoms with Crippen molar-refractivity contribution in [1.82, 2.24) is 10.5 Å². The van der Waals surface area contributed by atoms with Crippen molar-refractivity contribution in [3.63, 3.8) is 0 Å². The van der Waals surface area contributed by atoms with Crippen LogP contribution < -0.4 is 5.32 Å². The minimum absolute atomic E-state index is 0.0429. The molecule has 0 spiro atoms. The van der Waals surface area contributed by atoms with Crippen LogP contribution in [0.25, 0.3) is 0 Å². The van der Waals surface area contributed by atoms with Gasteiger partial charge in [0.05, 0.1) is 6.54 Å². The van der Waals surface area contributed by atoms with Crippen LogP contribution in [0.2, 0.25) is 0 Å². The van der Waals surface area contributed by atoms with Crippen molar-refractivity contribution in [2.75, 3.05) is 13.1 Å². The largest absolute Gasteiger partial charge is 0.354 e.